The highest BCUT2D eigenvalue weighted by molar-refractivity contribution is 8.19. The Balaban J connectivity index is 1.45. The third-order valence-electron chi connectivity index (χ3n) is 3.74. The molecule has 5 nitrogen and oxygen atoms in total. The molecule has 2 amide bonds. The summed E-state index contributed by atoms with van der Waals surface area (Å²) in [5.41, 5.74) is 2.11. The van der Waals surface area contributed by atoms with Crippen molar-refractivity contribution in [3.63, 3.8) is 0 Å². The fourth-order valence-electron chi connectivity index (χ4n) is 2.60. The van der Waals surface area contributed by atoms with Crippen LogP contribution in [0.2, 0.25) is 0 Å². The molecular formula is C16H20N2O3S2. The van der Waals surface area contributed by atoms with Gasteiger partial charge in [0.1, 0.15) is 6.61 Å². The summed E-state index contributed by atoms with van der Waals surface area (Å²) >= 11 is 3.90. The maximum atomic E-state index is 12.0. The highest BCUT2D eigenvalue weighted by atomic mass is 32.2. The number of carbonyl (C=O) groups excluding carboxylic acids is 2. The lowest BCUT2D eigenvalue weighted by Gasteiger charge is -2.13. The quantitative estimate of drug-likeness (QED) is 0.851. The Morgan fingerprint density at radius 2 is 2.17 bits per heavy atom. The van der Waals surface area contributed by atoms with Gasteiger partial charge in [0.2, 0.25) is 5.91 Å². The highest BCUT2D eigenvalue weighted by Gasteiger charge is 2.21. The van der Waals surface area contributed by atoms with Crippen molar-refractivity contribution in [2.45, 2.75) is 17.4 Å². The standard InChI is InChI=1S/C16H20N2O3S2/c19-14(5-2-6-18-7-8-21-16(18)20)17-13-4-1-3-12(11-13)15-22-9-10-23-15/h1,3-4,11,15H,2,5-10H2,(H,17,19). The van der Waals surface area contributed by atoms with E-state index >= 15 is 0 Å². The van der Waals surface area contributed by atoms with Crippen LogP contribution in [0.1, 0.15) is 23.0 Å². The van der Waals surface area contributed by atoms with E-state index in [1.165, 1.54) is 17.1 Å². The number of rotatable bonds is 6. The molecule has 0 unspecified atom stereocenters. The van der Waals surface area contributed by atoms with Crippen molar-refractivity contribution >= 4 is 41.2 Å². The molecule has 1 aromatic carbocycles. The van der Waals surface area contributed by atoms with Crippen LogP contribution in [0, 0.1) is 0 Å². The molecule has 2 heterocycles. The molecule has 0 spiro atoms. The van der Waals surface area contributed by atoms with Crippen molar-refractivity contribution < 1.29 is 14.3 Å². The fraction of sp³-hybridized carbons (Fsp3) is 0.500. The van der Waals surface area contributed by atoms with Gasteiger partial charge in [-0.15, -0.1) is 23.5 Å². The van der Waals surface area contributed by atoms with E-state index in [0.717, 1.165) is 5.69 Å². The van der Waals surface area contributed by atoms with Crippen molar-refractivity contribution in [3.8, 4) is 0 Å². The maximum absolute atomic E-state index is 12.0. The molecule has 1 N–H and O–H groups in total. The predicted octanol–water partition coefficient (Wildman–Crippen LogP) is 3.34. The number of nitrogens with one attached hydrogen (secondary N) is 1. The van der Waals surface area contributed by atoms with Crippen molar-refractivity contribution in [2.75, 3.05) is 36.5 Å². The number of anilines is 1. The third kappa shape index (κ3) is 4.57. The summed E-state index contributed by atoms with van der Waals surface area (Å²) < 4.78 is 5.34. The largest absolute Gasteiger partial charge is 0.448 e. The van der Waals surface area contributed by atoms with Crippen LogP contribution in [-0.4, -0.2) is 48.1 Å². The zero-order chi connectivity index (χ0) is 16.1. The second-order valence-electron chi connectivity index (χ2n) is 5.45. The van der Waals surface area contributed by atoms with E-state index in [2.05, 4.69) is 17.4 Å². The van der Waals surface area contributed by atoms with Gasteiger partial charge in [-0.2, -0.15) is 0 Å². The molecule has 2 aliphatic heterocycles. The molecule has 0 atom stereocenters. The molecule has 7 heteroatoms. The Hall–Kier alpha value is -1.34. The monoisotopic (exact) mass is 352 g/mol. The van der Waals surface area contributed by atoms with Crippen LogP contribution < -0.4 is 5.32 Å². The van der Waals surface area contributed by atoms with Crippen molar-refractivity contribution in [1.29, 1.82) is 0 Å². The summed E-state index contributed by atoms with van der Waals surface area (Å²) in [6, 6.07) is 8.09. The minimum Gasteiger partial charge on any atom is -0.448 e. The van der Waals surface area contributed by atoms with Gasteiger partial charge in [0.25, 0.3) is 0 Å². The Labute approximate surface area is 144 Å². The van der Waals surface area contributed by atoms with Crippen LogP contribution in [0.15, 0.2) is 24.3 Å². The average Bonchev–Trinajstić information content (AvgIpc) is 3.20. The van der Waals surface area contributed by atoms with Gasteiger partial charge in [0.15, 0.2) is 0 Å². The first-order valence-corrected chi connectivity index (χ1v) is 9.87. The lowest BCUT2D eigenvalue weighted by Crippen LogP contribution is -2.26. The molecule has 124 valence electrons. The minimum atomic E-state index is -0.273. The molecular weight excluding hydrogens is 332 g/mol. The van der Waals surface area contributed by atoms with Crippen molar-refractivity contribution in [3.05, 3.63) is 29.8 Å². The zero-order valence-electron chi connectivity index (χ0n) is 12.8. The number of thioether (sulfide) groups is 2. The smallest absolute Gasteiger partial charge is 0.409 e. The molecule has 1 aromatic rings. The summed E-state index contributed by atoms with van der Waals surface area (Å²) in [6.45, 7) is 1.65. The van der Waals surface area contributed by atoms with E-state index < -0.39 is 0 Å². The number of hydrogen-bond donors (Lipinski definition) is 1. The molecule has 0 saturated carbocycles. The molecule has 3 rings (SSSR count). The molecule has 0 radical (unpaired) electrons. The average molecular weight is 352 g/mol. The van der Waals surface area contributed by atoms with Gasteiger partial charge < -0.3 is 15.0 Å². The first-order chi connectivity index (χ1) is 11.2. The van der Waals surface area contributed by atoms with Crippen LogP contribution in [0.25, 0.3) is 0 Å². The Morgan fingerprint density at radius 3 is 2.91 bits per heavy atom. The Kier molecular flexibility index (Phi) is 5.72. The van der Waals surface area contributed by atoms with E-state index in [1.807, 2.05) is 35.7 Å². The van der Waals surface area contributed by atoms with Crippen molar-refractivity contribution in [2.24, 2.45) is 0 Å². The summed E-state index contributed by atoms with van der Waals surface area (Å²) in [5, 5.41) is 2.95. The SMILES string of the molecule is O=C(CCCN1CCOC1=O)Nc1cccc(C2SCCS2)c1. The summed E-state index contributed by atoms with van der Waals surface area (Å²) in [4.78, 5) is 25.0. The van der Waals surface area contributed by atoms with Gasteiger partial charge in [0, 0.05) is 30.2 Å². The summed E-state index contributed by atoms with van der Waals surface area (Å²) in [7, 11) is 0. The predicted molar refractivity (Wildman–Crippen MR) is 94.9 cm³/mol. The van der Waals surface area contributed by atoms with Crippen LogP contribution in [0.3, 0.4) is 0 Å². The normalized spacial score (nSPS) is 18.3. The maximum Gasteiger partial charge on any atom is 0.409 e. The van der Waals surface area contributed by atoms with Gasteiger partial charge in [-0.05, 0) is 24.1 Å². The number of benzene rings is 1. The molecule has 0 bridgehead atoms. The minimum absolute atomic E-state index is 0.0126. The first-order valence-electron chi connectivity index (χ1n) is 7.77. The number of amides is 2. The number of hydrogen-bond acceptors (Lipinski definition) is 5. The Morgan fingerprint density at radius 1 is 1.35 bits per heavy atom. The second-order valence-corrected chi connectivity index (χ2v) is 8.18. The van der Waals surface area contributed by atoms with Gasteiger partial charge in [-0.3, -0.25) is 4.79 Å². The van der Waals surface area contributed by atoms with Crippen LogP contribution >= 0.6 is 23.5 Å². The molecule has 2 fully saturated rings. The number of ether oxygens (including phenoxy) is 1. The van der Waals surface area contributed by atoms with E-state index in [0.29, 0.717) is 37.1 Å². The van der Waals surface area contributed by atoms with Crippen LogP contribution in [0.5, 0.6) is 0 Å². The topological polar surface area (TPSA) is 58.6 Å². The molecule has 23 heavy (non-hydrogen) atoms. The second kappa shape index (κ2) is 7.97. The fourth-order valence-corrected chi connectivity index (χ4v) is 5.43. The van der Waals surface area contributed by atoms with Gasteiger partial charge in [-0.1, -0.05) is 12.1 Å². The first kappa shape index (κ1) is 16.5. The molecule has 0 aromatic heterocycles. The zero-order valence-corrected chi connectivity index (χ0v) is 14.5. The molecule has 0 aliphatic carbocycles. The van der Waals surface area contributed by atoms with Crippen molar-refractivity contribution in [1.82, 2.24) is 4.90 Å². The third-order valence-corrected chi connectivity index (χ3v) is 6.85. The van der Waals surface area contributed by atoms with E-state index in [1.54, 1.807) is 4.90 Å². The van der Waals surface area contributed by atoms with Gasteiger partial charge in [-0.25, -0.2) is 4.79 Å². The van der Waals surface area contributed by atoms with Crippen LogP contribution in [0.4, 0.5) is 10.5 Å². The van der Waals surface area contributed by atoms with E-state index in [-0.39, 0.29) is 12.0 Å². The van der Waals surface area contributed by atoms with E-state index in [4.69, 9.17) is 4.74 Å². The van der Waals surface area contributed by atoms with Gasteiger partial charge in [0.05, 0.1) is 11.1 Å². The van der Waals surface area contributed by atoms with E-state index in [9.17, 15) is 9.59 Å². The number of carbonyl (C=O) groups is 2. The molecule has 2 aliphatic rings. The van der Waals surface area contributed by atoms with Crippen LogP contribution in [-0.2, 0) is 9.53 Å². The van der Waals surface area contributed by atoms with Gasteiger partial charge >= 0.3 is 6.09 Å². The lowest BCUT2D eigenvalue weighted by atomic mass is 10.2. The number of nitrogens with zero attached hydrogens (tertiary/aromatic N) is 1. The lowest BCUT2D eigenvalue weighted by molar-refractivity contribution is -0.116. The summed E-state index contributed by atoms with van der Waals surface area (Å²) in [6.07, 6.45) is 0.778. The summed E-state index contributed by atoms with van der Waals surface area (Å²) in [5.74, 6) is 2.36. The highest BCUT2D eigenvalue weighted by Crippen LogP contribution is 2.45. The molecule has 2 saturated heterocycles. The number of cyclic esters (lactones) is 1. The Bertz CT molecular complexity index is 576.